The van der Waals surface area contributed by atoms with E-state index in [2.05, 4.69) is 15.3 Å². The maximum atomic E-state index is 4.33. The number of rotatable bonds is 4. The van der Waals surface area contributed by atoms with Crippen LogP contribution in [-0.4, -0.2) is 17.0 Å². The molecule has 0 bridgehead atoms. The third-order valence-corrected chi connectivity index (χ3v) is 2.31. The second-order valence-corrected chi connectivity index (χ2v) is 3.69. The zero-order valence-electron chi connectivity index (χ0n) is 7.95. The van der Waals surface area contributed by atoms with Gasteiger partial charge < -0.3 is 5.32 Å². The van der Waals surface area contributed by atoms with Crippen molar-refractivity contribution in [2.75, 3.05) is 7.05 Å². The molecule has 1 N–H and O–H groups in total. The molecule has 0 amide bonds. The van der Waals surface area contributed by atoms with Crippen molar-refractivity contribution in [3.05, 3.63) is 23.8 Å². The standard InChI is InChI=1S/C10H15N3/c1-11-5-9-6-12-10(13-7-9)4-8-2-3-8/h6-8,11H,2-5H2,1H3. The first-order valence-electron chi connectivity index (χ1n) is 4.83. The van der Waals surface area contributed by atoms with Crippen molar-refractivity contribution in [1.82, 2.24) is 15.3 Å². The molecule has 1 aromatic rings. The third kappa shape index (κ3) is 2.49. The minimum atomic E-state index is 0.851. The molecule has 0 aliphatic heterocycles. The van der Waals surface area contributed by atoms with E-state index in [0.29, 0.717) is 0 Å². The minimum absolute atomic E-state index is 0.851. The third-order valence-electron chi connectivity index (χ3n) is 2.31. The Bertz CT molecular complexity index is 264. The van der Waals surface area contributed by atoms with E-state index in [1.54, 1.807) is 0 Å². The zero-order valence-corrected chi connectivity index (χ0v) is 7.95. The van der Waals surface area contributed by atoms with E-state index in [4.69, 9.17) is 0 Å². The number of hydrogen-bond acceptors (Lipinski definition) is 3. The normalized spacial score (nSPS) is 16.1. The molecular formula is C10H15N3. The van der Waals surface area contributed by atoms with Crippen LogP contribution < -0.4 is 5.32 Å². The topological polar surface area (TPSA) is 37.8 Å². The molecule has 13 heavy (non-hydrogen) atoms. The number of aromatic nitrogens is 2. The molecule has 2 rings (SSSR count). The van der Waals surface area contributed by atoms with Gasteiger partial charge in [0.2, 0.25) is 0 Å². The van der Waals surface area contributed by atoms with Crippen molar-refractivity contribution in [2.45, 2.75) is 25.8 Å². The molecule has 1 fully saturated rings. The SMILES string of the molecule is CNCc1cnc(CC2CC2)nc1. The van der Waals surface area contributed by atoms with Gasteiger partial charge >= 0.3 is 0 Å². The maximum absolute atomic E-state index is 4.33. The van der Waals surface area contributed by atoms with Crippen LogP contribution in [0.2, 0.25) is 0 Å². The first kappa shape index (κ1) is 8.63. The Labute approximate surface area is 78.6 Å². The summed E-state index contributed by atoms with van der Waals surface area (Å²) in [7, 11) is 1.93. The van der Waals surface area contributed by atoms with Crippen molar-refractivity contribution in [2.24, 2.45) is 5.92 Å². The molecular weight excluding hydrogens is 162 g/mol. The Morgan fingerprint density at radius 3 is 2.62 bits per heavy atom. The van der Waals surface area contributed by atoms with Gasteiger partial charge in [0.15, 0.2) is 0 Å². The van der Waals surface area contributed by atoms with Crippen LogP contribution in [0.4, 0.5) is 0 Å². The summed E-state index contributed by atoms with van der Waals surface area (Å²) in [6, 6.07) is 0. The lowest BCUT2D eigenvalue weighted by Crippen LogP contribution is -2.07. The van der Waals surface area contributed by atoms with E-state index in [-0.39, 0.29) is 0 Å². The van der Waals surface area contributed by atoms with Crippen molar-refractivity contribution >= 4 is 0 Å². The Morgan fingerprint density at radius 2 is 2.08 bits per heavy atom. The smallest absolute Gasteiger partial charge is 0.128 e. The quantitative estimate of drug-likeness (QED) is 0.749. The summed E-state index contributed by atoms with van der Waals surface area (Å²) < 4.78 is 0. The highest BCUT2D eigenvalue weighted by Gasteiger charge is 2.22. The highest BCUT2D eigenvalue weighted by molar-refractivity contribution is 5.05. The van der Waals surface area contributed by atoms with Crippen LogP contribution in [0.15, 0.2) is 12.4 Å². The molecule has 0 unspecified atom stereocenters. The average molecular weight is 177 g/mol. The van der Waals surface area contributed by atoms with Gasteiger partial charge in [-0.15, -0.1) is 0 Å². The van der Waals surface area contributed by atoms with E-state index in [9.17, 15) is 0 Å². The molecule has 0 radical (unpaired) electrons. The van der Waals surface area contributed by atoms with E-state index >= 15 is 0 Å². The highest BCUT2D eigenvalue weighted by atomic mass is 14.9. The summed E-state index contributed by atoms with van der Waals surface area (Å²) in [5.41, 5.74) is 1.15. The van der Waals surface area contributed by atoms with Gasteiger partial charge in [0, 0.05) is 30.9 Å². The Balaban J connectivity index is 1.95. The molecule has 0 spiro atoms. The van der Waals surface area contributed by atoms with Crippen molar-refractivity contribution in [3.63, 3.8) is 0 Å². The van der Waals surface area contributed by atoms with Gasteiger partial charge in [-0.05, 0) is 25.8 Å². The van der Waals surface area contributed by atoms with Gasteiger partial charge in [-0.1, -0.05) is 0 Å². The highest BCUT2D eigenvalue weighted by Crippen LogP contribution is 2.31. The zero-order chi connectivity index (χ0) is 9.10. The Kier molecular flexibility index (Phi) is 2.54. The van der Waals surface area contributed by atoms with E-state index in [1.165, 1.54) is 12.8 Å². The first-order chi connectivity index (χ1) is 6.38. The van der Waals surface area contributed by atoms with Crippen LogP contribution in [0.5, 0.6) is 0 Å². The molecule has 1 heterocycles. The average Bonchev–Trinajstić information content (AvgIpc) is 2.93. The van der Waals surface area contributed by atoms with E-state index in [1.807, 2.05) is 19.4 Å². The molecule has 3 nitrogen and oxygen atoms in total. The van der Waals surface area contributed by atoms with Gasteiger partial charge in [0.1, 0.15) is 5.82 Å². The molecule has 1 aliphatic carbocycles. The Hall–Kier alpha value is -0.960. The molecule has 0 aromatic carbocycles. The van der Waals surface area contributed by atoms with Crippen LogP contribution in [0.25, 0.3) is 0 Å². The van der Waals surface area contributed by atoms with Gasteiger partial charge in [-0.2, -0.15) is 0 Å². The number of hydrogen-bond donors (Lipinski definition) is 1. The van der Waals surface area contributed by atoms with Crippen LogP contribution in [-0.2, 0) is 13.0 Å². The largest absolute Gasteiger partial charge is 0.316 e. The summed E-state index contributed by atoms with van der Waals surface area (Å²) in [5.74, 6) is 1.87. The summed E-state index contributed by atoms with van der Waals surface area (Å²) in [5, 5.41) is 3.08. The van der Waals surface area contributed by atoms with Gasteiger partial charge in [0.25, 0.3) is 0 Å². The fourth-order valence-corrected chi connectivity index (χ4v) is 1.36. The molecule has 1 saturated carbocycles. The molecule has 70 valence electrons. The second kappa shape index (κ2) is 3.83. The van der Waals surface area contributed by atoms with E-state index < -0.39 is 0 Å². The van der Waals surface area contributed by atoms with Gasteiger partial charge in [-0.25, -0.2) is 9.97 Å². The monoisotopic (exact) mass is 177 g/mol. The number of nitrogens with one attached hydrogen (secondary N) is 1. The molecule has 3 heteroatoms. The van der Waals surface area contributed by atoms with Crippen LogP contribution in [0.1, 0.15) is 24.2 Å². The maximum Gasteiger partial charge on any atom is 0.128 e. The lowest BCUT2D eigenvalue weighted by Gasteiger charge is -2.00. The van der Waals surface area contributed by atoms with Crippen molar-refractivity contribution in [1.29, 1.82) is 0 Å². The predicted octanol–water partition coefficient (Wildman–Crippen LogP) is 1.15. The first-order valence-corrected chi connectivity index (χ1v) is 4.83. The Morgan fingerprint density at radius 1 is 1.38 bits per heavy atom. The van der Waals surface area contributed by atoms with Gasteiger partial charge in [-0.3, -0.25) is 0 Å². The summed E-state index contributed by atoms with van der Waals surface area (Å²) in [6.45, 7) is 0.851. The van der Waals surface area contributed by atoms with Gasteiger partial charge in [0.05, 0.1) is 0 Å². The summed E-state index contributed by atoms with van der Waals surface area (Å²) in [4.78, 5) is 8.65. The predicted molar refractivity (Wildman–Crippen MR) is 51.2 cm³/mol. The summed E-state index contributed by atoms with van der Waals surface area (Å²) in [6.07, 6.45) is 7.63. The molecule has 0 atom stereocenters. The fraction of sp³-hybridized carbons (Fsp3) is 0.600. The fourth-order valence-electron chi connectivity index (χ4n) is 1.36. The van der Waals surface area contributed by atoms with Crippen LogP contribution >= 0.6 is 0 Å². The van der Waals surface area contributed by atoms with E-state index in [0.717, 1.165) is 30.3 Å². The molecule has 1 aliphatic rings. The van der Waals surface area contributed by atoms with Crippen LogP contribution in [0.3, 0.4) is 0 Å². The van der Waals surface area contributed by atoms with Crippen molar-refractivity contribution in [3.8, 4) is 0 Å². The van der Waals surface area contributed by atoms with Crippen molar-refractivity contribution < 1.29 is 0 Å². The van der Waals surface area contributed by atoms with Crippen LogP contribution in [0, 0.1) is 5.92 Å². The number of nitrogens with zero attached hydrogens (tertiary/aromatic N) is 2. The second-order valence-electron chi connectivity index (χ2n) is 3.69. The summed E-state index contributed by atoms with van der Waals surface area (Å²) >= 11 is 0. The lowest BCUT2D eigenvalue weighted by molar-refractivity contribution is 0.751. The molecule has 0 saturated heterocycles. The lowest BCUT2D eigenvalue weighted by atomic mass is 10.2. The minimum Gasteiger partial charge on any atom is -0.316 e. The molecule has 1 aromatic heterocycles.